The molecule has 3 heterocycles. The third-order valence-electron chi connectivity index (χ3n) is 5.40. The minimum Gasteiger partial charge on any atom is -0.378 e. The molecule has 0 atom stereocenters. The van der Waals surface area contributed by atoms with Crippen molar-refractivity contribution in [1.82, 2.24) is 14.3 Å². The predicted octanol–water partition coefficient (Wildman–Crippen LogP) is 1.41. The topological polar surface area (TPSA) is 78.9 Å². The van der Waals surface area contributed by atoms with Crippen molar-refractivity contribution in [2.75, 3.05) is 62.3 Å². The number of aryl methyl sites for hydroxylation is 1. The van der Waals surface area contributed by atoms with Crippen LogP contribution in [0.2, 0.25) is 0 Å². The number of rotatable bonds is 5. The average Bonchev–Trinajstić information content (AvgIpc) is 2.75. The zero-order chi connectivity index (χ0) is 21.1. The summed E-state index contributed by atoms with van der Waals surface area (Å²) in [6.45, 7) is 6.52. The molecule has 0 aliphatic carbocycles. The van der Waals surface area contributed by atoms with Crippen LogP contribution in [0.25, 0.3) is 0 Å². The quantitative estimate of drug-likeness (QED) is 0.703. The summed E-state index contributed by atoms with van der Waals surface area (Å²) in [6.07, 6.45) is 0. The Morgan fingerprint density at radius 2 is 1.57 bits per heavy atom. The van der Waals surface area contributed by atoms with Crippen molar-refractivity contribution in [3.63, 3.8) is 0 Å². The number of aromatic nitrogens is 2. The first kappa shape index (κ1) is 21.0. The number of hydrogen-bond acceptors (Lipinski definition) is 7. The van der Waals surface area contributed by atoms with Crippen molar-refractivity contribution in [2.45, 2.75) is 12.7 Å². The molecule has 0 saturated carbocycles. The van der Waals surface area contributed by atoms with Crippen LogP contribution >= 0.6 is 0 Å². The average molecular weight is 436 g/mol. The van der Waals surface area contributed by atoms with E-state index in [0.717, 1.165) is 24.7 Å². The van der Waals surface area contributed by atoms with Crippen LogP contribution in [0.4, 0.5) is 16.0 Å². The summed E-state index contributed by atoms with van der Waals surface area (Å²) in [7, 11) is -3.59. The standard InChI is InChI=1S/C20H26FN5O3S/c1-16-22-19(14-20(23-16)25-10-12-29-13-11-25)24-6-8-26(9-7-24)30(27,28)15-17-4-2-3-5-18(17)21/h2-5,14H,6-13,15H2,1H3. The lowest BCUT2D eigenvalue weighted by Crippen LogP contribution is -2.49. The third-order valence-corrected chi connectivity index (χ3v) is 7.23. The lowest BCUT2D eigenvalue weighted by molar-refractivity contribution is 0.122. The first-order valence-corrected chi connectivity index (χ1v) is 11.7. The molecular formula is C20H26FN5O3S. The van der Waals surface area contributed by atoms with Gasteiger partial charge in [-0.2, -0.15) is 4.31 Å². The van der Waals surface area contributed by atoms with E-state index in [4.69, 9.17) is 4.74 Å². The van der Waals surface area contributed by atoms with E-state index in [9.17, 15) is 12.8 Å². The van der Waals surface area contributed by atoms with Gasteiger partial charge in [-0.05, 0) is 13.0 Å². The van der Waals surface area contributed by atoms with Gasteiger partial charge in [-0.1, -0.05) is 18.2 Å². The molecule has 30 heavy (non-hydrogen) atoms. The fourth-order valence-electron chi connectivity index (χ4n) is 3.75. The lowest BCUT2D eigenvalue weighted by Gasteiger charge is -2.35. The Labute approximate surface area is 176 Å². The molecule has 8 nitrogen and oxygen atoms in total. The second kappa shape index (κ2) is 8.83. The van der Waals surface area contributed by atoms with Crippen molar-refractivity contribution >= 4 is 21.7 Å². The zero-order valence-electron chi connectivity index (χ0n) is 17.0. The van der Waals surface area contributed by atoms with E-state index in [-0.39, 0.29) is 11.3 Å². The number of sulfonamides is 1. The summed E-state index contributed by atoms with van der Waals surface area (Å²) in [5.74, 6) is 1.54. The molecule has 2 saturated heterocycles. The van der Waals surface area contributed by atoms with Gasteiger partial charge in [0.05, 0.1) is 19.0 Å². The molecule has 0 bridgehead atoms. The van der Waals surface area contributed by atoms with Gasteiger partial charge in [0, 0.05) is 50.9 Å². The normalized spacial score (nSPS) is 18.6. The van der Waals surface area contributed by atoms with Crippen LogP contribution in [0, 0.1) is 12.7 Å². The number of ether oxygens (including phenoxy) is 1. The highest BCUT2D eigenvalue weighted by atomic mass is 32.2. The maximum atomic E-state index is 13.9. The molecular weight excluding hydrogens is 409 g/mol. The van der Waals surface area contributed by atoms with Crippen molar-refractivity contribution in [3.8, 4) is 0 Å². The molecule has 2 fully saturated rings. The Hall–Kier alpha value is -2.30. The predicted molar refractivity (Wildman–Crippen MR) is 113 cm³/mol. The summed E-state index contributed by atoms with van der Waals surface area (Å²) in [4.78, 5) is 13.4. The minimum atomic E-state index is -3.59. The van der Waals surface area contributed by atoms with E-state index >= 15 is 0 Å². The minimum absolute atomic E-state index is 0.196. The number of benzene rings is 1. The molecule has 2 aromatic rings. The first-order chi connectivity index (χ1) is 14.4. The smallest absolute Gasteiger partial charge is 0.218 e. The van der Waals surface area contributed by atoms with Crippen LogP contribution in [-0.4, -0.2) is 75.2 Å². The van der Waals surface area contributed by atoms with Crippen molar-refractivity contribution < 1.29 is 17.5 Å². The molecule has 10 heteroatoms. The number of halogens is 1. The molecule has 2 aliphatic heterocycles. The van der Waals surface area contributed by atoms with Crippen LogP contribution in [-0.2, 0) is 20.5 Å². The third kappa shape index (κ3) is 4.71. The van der Waals surface area contributed by atoms with Crippen LogP contribution in [0.5, 0.6) is 0 Å². The van der Waals surface area contributed by atoms with E-state index in [1.807, 2.05) is 13.0 Å². The lowest BCUT2D eigenvalue weighted by atomic mass is 10.2. The van der Waals surface area contributed by atoms with Crippen LogP contribution in [0.15, 0.2) is 30.3 Å². The molecule has 0 radical (unpaired) electrons. The summed E-state index contributed by atoms with van der Waals surface area (Å²) < 4.78 is 46.3. The van der Waals surface area contributed by atoms with Gasteiger partial charge in [-0.15, -0.1) is 0 Å². The Morgan fingerprint density at radius 3 is 2.20 bits per heavy atom. The van der Waals surface area contributed by atoms with Gasteiger partial charge in [-0.25, -0.2) is 22.8 Å². The Bertz CT molecular complexity index is 990. The van der Waals surface area contributed by atoms with Crippen molar-refractivity contribution in [1.29, 1.82) is 0 Å². The van der Waals surface area contributed by atoms with Crippen molar-refractivity contribution in [3.05, 3.63) is 47.5 Å². The van der Waals surface area contributed by atoms with Gasteiger partial charge >= 0.3 is 0 Å². The molecule has 1 aromatic heterocycles. The molecule has 162 valence electrons. The fourth-order valence-corrected chi connectivity index (χ4v) is 5.28. The van der Waals surface area contributed by atoms with Crippen LogP contribution in [0.3, 0.4) is 0 Å². The molecule has 0 N–H and O–H groups in total. The zero-order valence-corrected chi connectivity index (χ0v) is 17.8. The van der Waals surface area contributed by atoms with E-state index in [1.54, 1.807) is 12.1 Å². The Kier molecular flexibility index (Phi) is 6.16. The molecule has 4 rings (SSSR count). The summed E-state index contributed by atoms with van der Waals surface area (Å²) in [5, 5.41) is 0. The van der Waals surface area contributed by atoms with E-state index in [0.29, 0.717) is 45.2 Å². The monoisotopic (exact) mass is 435 g/mol. The largest absolute Gasteiger partial charge is 0.378 e. The summed E-state index contributed by atoms with van der Waals surface area (Å²) in [6, 6.07) is 7.96. The molecule has 2 aliphatic rings. The van der Waals surface area contributed by atoms with Gasteiger partial charge in [-0.3, -0.25) is 0 Å². The van der Waals surface area contributed by atoms with Crippen LogP contribution < -0.4 is 9.80 Å². The maximum Gasteiger partial charge on any atom is 0.218 e. The number of anilines is 2. The highest BCUT2D eigenvalue weighted by Crippen LogP contribution is 2.23. The molecule has 1 aromatic carbocycles. The van der Waals surface area contributed by atoms with E-state index in [2.05, 4.69) is 19.8 Å². The maximum absolute atomic E-state index is 13.9. The second-order valence-corrected chi connectivity index (χ2v) is 9.43. The highest BCUT2D eigenvalue weighted by Gasteiger charge is 2.29. The SMILES string of the molecule is Cc1nc(N2CCOCC2)cc(N2CCN(S(=O)(=O)Cc3ccccc3F)CC2)n1. The highest BCUT2D eigenvalue weighted by molar-refractivity contribution is 7.88. The first-order valence-electron chi connectivity index (χ1n) is 10.1. The van der Waals surface area contributed by atoms with Gasteiger partial charge in [0.2, 0.25) is 10.0 Å². The van der Waals surface area contributed by atoms with E-state index < -0.39 is 15.8 Å². The number of nitrogens with zero attached hydrogens (tertiary/aromatic N) is 5. The van der Waals surface area contributed by atoms with Crippen molar-refractivity contribution in [2.24, 2.45) is 0 Å². The molecule has 0 spiro atoms. The van der Waals surface area contributed by atoms with Gasteiger partial charge in [0.1, 0.15) is 23.3 Å². The van der Waals surface area contributed by atoms with E-state index in [1.165, 1.54) is 16.4 Å². The van der Waals surface area contributed by atoms with Crippen LogP contribution in [0.1, 0.15) is 11.4 Å². The summed E-state index contributed by atoms with van der Waals surface area (Å²) in [5.41, 5.74) is 0.196. The molecule has 0 amide bonds. The Balaban J connectivity index is 1.43. The summed E-state index contributed by atoms with van der Waals surface area (Å²) >= 11 is 0. The number of piperazine rings is 1. The number of hydrogen-bond donors (Lipinski definition) is 0. The van der Waals surface area contributed by atoms with Gasteiger partial charge in [0.25, 0.3) is 0 Å². The number of morpholine rings is 1. The molecule has 0 unspecified atom stereocenters. The van der Waals surface area contributed by atoms with Gasteiger partial charge in [0.15, 0.2) is 0 Å². The second-order valence-electron chi connectivity index (χ2n) is 7.46. The Morgan fingerprint density at radius 1 is 0.967 bits per heavy atom. The fraction of sp³-hybridized carbons (Fsp3) is 0.500. The van der Waals surface area contributed by atoms with Gasteiger partial charge < -0.3 is 14.5 Å².